The Morgan fingerprint density at radius 3 is 1.93 bits per heavy atom. The molecule has 3 aromatic carbocycles. The zero-order chi connectivity index (χ0) is 18.9. The third kappa shape index (κ3) is 5.56. The predicted molar refractivity (Wildman–Crippen MR) is 115 cm³/mol. The van der Waals surface area contributed by atoms with Gasteiger partial charge in [0.05, 0.1) is 13.2 Å². The first-order valence-corrected chi connectivity index (χ1v) is 9.44. The van der Waals surface area contributed by atoms with Crippen LogP contribution in [0, 0.1) is 0 Å². The molecule has 0 bridgehead atoms. The lowest BCUT2D eigenvalue weighted by molar-refractivity contribution is 0.414. The largest absolute Gasteiger partial charge is 0.497 e. The molecule has 0 amide bonds. The van der Waals surface area contributed by atoms with Gasteiger partial charge in [-0.2, -0.15) is 0 Å². The maximum absolute atomic E-state index is 5.54. The van der Waals surface area contributed by atoms with Crippen molar-refractivity contribution in [1.29, 1.82) is 0 Å². The van der Waals surface area contributed by atoms with Crippen molar-refractivity contribution in [2.45, 2.75) is 12.5 Å². The maximum atomic E-state index is 5.54. The highest BCUT2D eigenvalue weighted by Crippen LogP contribution is 2.21. The zero-order valence-corrected chi connectivity index (χ0v) is 16.2. The zero-order valence-electron chi connectivity index (χ0n) is 15.4. The molecule has 0 unspecified atom stereocenters. The highest BCUT2D eigenvalue weighted by molar-refractivity contribution is 7.80. The summed E-state index contributed by atoms with van der Waals surface area (Å²) >= 11 is 5.54. The van der Waals surface area contributed by atoms with Gasteiger partial charge in [0.15, 0.2) is 5.11 Å². The SMILES string of the molecule is COc1ccc(CCNC(=S)NC(c2ccccc2)c2ccccc2)cc1. The Morgan fingerprint density at radius 1 is 0.852 bits per heavy atom. The summed E-state index contributed by atoms with van der Waals surface area (Å²) in [6.45, 7) is 0.772. The molecular weight excluding hydrogens is 352 g/mol. The number of thiocarbonyl (C=S) groups is 1. The van der Waals surface area contributed by atoms with Gasteiger partial charge in [-0.25, -0.2) is 0 Å². The van der Waals surface area contributed by atoms with Gasteiger partial charge in [-0.1, -0.05) is 72.8 Å². The molecule has 0 aliphatic rings. The Labute approximate surface area is 166 Å². The lowest BCUT2D eigenvalue weighted by Crippen LogP contribution is -2.39. The van der Waals surface area contributed by atoms with Crippen LogP contribution >= 0.6 is 12.2 Å². The maximum Gasteiger partial charge on any atom is 0.167 e. The molecule has 138 valence electrons. The predicted octanol–water partition coefficient (Wildman–Crippen LogP) is 4.49. The first kappa shape index (κ1) is 18.9. The van der Waals surface area contributed by atoms with E-state index in [2.05, 4.69) is 47.0 Å². The van der Waals surface area contributed by atoms with E-state index in [1.54, 1.807) is 7.11 Å². The minimum atomic E-state index is 0.0217. The van der Waals surface area contributed by atoms with Crippen molar-refractivity contribution in [3.05, 3.63) is 102 Å². The van der Waals surface area contributed by atoms with E-state index in [1.165, 1.54) is 16.7 Å². The van der Waals surface area contributed by atoms with Gasteiger partial charge in [-0.05, 0) is 47.5 Å². The van der Waals surface area contributed by atoms with E-state index in [4.69, 9.17) is 17.0 Å². The summed E-state index contributed by atoms with van der Waals surface area (Å²) in [6.07, 6.45) is 0.896. The van der Waals surface area contributed by atoms with Crippen molar-refractivity contribution in [2.75, 3.05) is 13.7 Å². The van der Waals surface area contributed by atoms with Crippen LogP contribution in [0.25, 0.3) is 0 Å². The molecule has 27 heavy (non-hydrogen) atoms. The van der Waals surface area contributed by atoms with Crippen molar-refractivity contribution in [3.8, 4) is 5.75 Å². The van der Waals surface area contributed by atoms with Crippen molar-refractivity contribution in [1.82, 2.24) is 10.6 Å². The molecule has 0 radical (unpaired) electrons. The second kappa shape index (κ2) is 9.74. The average Bonchev–Trinajstić information content (AvgIpc) is 2.74. The fraction of sp³-hybridized carbons (Fsp3) is 0.174. The molecule has 4 heteroatoms. The molecule has 0 atom stereocenters. The Balaban J connectivity index is 1.59. The summed E-state index contributed by atoms with van der Waals surface area (Å²) < 4.78 is 5.19. The van der Waals surface area contributed by atoms with Crippen LogP contribution in [0.2, 0.25) is 0 Å². The second-order valence-electron chi connectivity index (χ2n) is 6.25. The number of hydrogen-bond acceptors (Lipinski definition) is 2. The van der Waals surface area contributed by atoms with Crippen LogP contribution in [0.1, 0.15) is 22.7 Å². The molecule has 0 saturated carbocycles. The van der Waals surface area contributed by atoms with Crippen molar-refractivity contribution in [2.24, 2.45) is 0 Å². The quantitative estimate of drug-likeness (QED) is 0.595. The fourth-order valence-corrected chi connectivity index (χ4v) is 3.16. The smallest absolute Gasteiger partial charge is 0.167 e. The average molecular weight is 377 g/mol. The first-order chi connectivity index (χ1) is 13.3. The molecular formula is C23H24N2OS. The lowest BCUT2D eigenvalue weighted by atomic mass is 9.99. The normalized spacial score (nSPS) is 10.4. The van der Waals surface area contributed by atoms with E-state index < -0.39 is 0 Å². The van der Waals surface area contributed by atoms with Crippen LogP contribution < -0.4 is 15.4 Å². The van der Waals surface area contributed by atoms with Gasteiger partial charge < -0.3 is 15.4 Å². The van der Waals surface area contributed by atoms with Crippen molar-refractivity contribution < 1.29 is 4.74 Å². The Morgan fingerprint density at radius 2 is 1.41 bits per heavy atom. The van der Waals surface area contributed by atoms with Crippen LogP contribution in [0.3, 0.4) is 0 Å². The molecule has 0 saturated heterocycles. The molecule has 0 spiro atoms. The van der Waals surface area contributed by atoms with E-state index >= 15 is 0 Å². The van der Waals surface area contributed by atoms with E-state index in [0.29, 0.717) is 5.11 Å². The van der Waals surface area contributed by atoms with Gasteiger partial charge in [-0.3, -0.25) is 0 Å². The van der Waals surface area contributed by atoms with Crippen LogP contribution in [-0.2, 0) is 6.42 Å². The first-order valence-electron chi connectivity index (χ1n) is 9.03. The standard InChI is InChI=1S/C23H24N2OS/c1-26-21-14-12-18(13-15-21)16-17-24-23(27)25-22(19-8-4-2-5-9-19)20-10-6-3-7-11-20/h2-15,22H,16-17H2,1H3,(H2,24,25,27). The van der Waals surface area contributed by atoms with Gasteiger partial charge >= 0.3 is 0 Å². The molecule has 0 fully saturated rings. The Hall–Kier alpha value is -2.85. The summed E-state index contributed by atoms with van der Waals surface area (Å²) in [7, 11) is 1.68. The van der Waals surface area contributed by atoms with Gasteiger partial charge in [0.25, 0.3) is 0 Å². The molecule has 0 aliphatic carbocycles. The minimum absolute atomic E-state index is 0.0217. The molecule has 0 aromatic heterocycles. The van der Waals surface area contributed by atoms with Crippen LogP contribution in [-0.4, -0.2) is 18.8 Å². The van der Waals surface area contributed by atoms with Gasteiger partial charge in [-0.15, -0.1) is 0 Å². The van der Waals surface area contributed by atoms with Crippen LogP contribution in [0.4, 0.5) is 0 Å². The number of benzene rings is 3. The summed E-state index contributed by atoms with van der Waals surface area (Å²) in [5.74, 6) is 0.873. The molecule has 3 nitrogen and oxygen atoms in total. The minimum Gasteiger partial charge on any atom is -0.497 e. The number of ether oxygens (including phenoxy) is 1. The molecule has 3 rings (SSSR count). The second-order valence-corrected chi connectivity index (χ2v) is 6.66. The molecule has 2 N–H and O–H groups in total. The van der Waals surface area contributed by atoms with Crippen LogP contribution in [0.15, 0.2) is 84.9 Å². The van der Waals surface area contributed by atoms with Crippen molar-refractivity contribution in [3.63, 3.8) is 0 Å². The number of nitrogens with one attached hydrogen (secondary N) is 2. The third-order valence-electron chi connectivity index (χ3n) is 4.40. The molecule has 0 aliphatic heterocycles. The topological polar surface area (TPSA) is 33.3 Å². The van der Waals surface area contributed by atoms with E-state index in [1.807, 2.05) is 48.5 Å². The van der Waals surface area contributed by atoms with Gasteiger partial charge in [0.1, 0.15) is 5.75 Å². The highest BCUT2D eigenvalue weighted by Gasteiger charge is 2.14. The molecule has 3 aromatic rings. The highest BCUT2D eigenvalue weighted by atomic mass is 32.1. The fourth-order valence-electron chi connectivity index (χ4n) is 2.94. The monoisotopic (exact) mass is 376 g/mol. The lowest BCUT2D eigenvalue weighted by Gasteiger charge is -2.22. The van der Waals surface area contributed by atoms with E-state index in [0.717, 1.165) is 18.7 Å². The number of methoxy groups -OCH3 is 1. The molecule has 0 heterocycles. The number of hydrogen-bond donors (Lipinski definition) is 2. The van der Waals surface area contributed by atoms with Gasteiger partial charge in [0.2, 0.25) is 0 Å². The van der Waals surface area contributed by atoms with Crippen molar-refractivity contribution >= 4 is 17.3 Å². The van der Waals surface area contributed by atoms with Gasteiger partial charge in [0, 0.05) is 6.54 Å². The van der Waals surface area contributed by atoms with E-state index in [-0.39, 0.29) is 6.04 Å². The van der Waals surface area contributed by atoms with Crippen LogP contribution in [0.5, 0.6) is 5.75 Å². The van der Waals surface area contributed by atoms with E-state index in [9.17, 15) is 0 Å². The summed E-state index contributed by atoms with van der Waals surface area (Å²) in [5, 5.41) is 7.43. The Kier molecular flexibility index (Phi) is 6.83. The summed E-state index contributed by atoms with van der Waals surface area (Å²) in [6, 6.07) is 28.8. The summed E-state index contributed by atoms with van der Waals surface area (Å²) in [5.41, 5.74) is 3.61. The number of rotatable bonds is 7. The summed E-state index contributed by atoms with van der Waals surface area (Å²) in [4.78, 5) is 0. The third-order valence-corrected chi connectivity index (χ3v) is 4.66. The Bertz CT molecular complexity index is 796.